The van der Waals surface area contributed by atoms with Crippen LogP contribution in [-0.2, 0) is 4.79 Å². The first-order valence-electron chi connectivity index (χ1n) is 3.72. The molecule has 5 heteroatoms. The summed E-state index contributed by atoms with van der Waals surface area (Å²) in [6.45, 7) is 0. The number of rotatable bonds is 2. The molecule has 0 fully saturated rings. The lowest BCUT2D eigenvalue weighted by Crippen LogP contribution is -2.13. The van der Waals surface area contributed by atoms with Crippen molar-refractivity contribution in [2.45, 2.75) is 5.44 Å². The van der Waals surface area contributed by atoms with Crippen LogP contribution in [0, 0.1) is 0 Å². The van der Waals surface area contributed by atoms with Gasteiger partial charge in [0.1, 0.15) is 0 Å². The van der Waals surface area contributed by atoms with Crippen LogP contribution in [0.15, 0.2) is 30.3 Å². The van der Waals surface area contributed by atoms with Gasteiger partial charge in [-0.15, -0.1) is 11.8 Å². The number of aliphatic hydroxyl groups is 1. The van der Waals surface area contributed by atoms with Gasteiger partial charge in [-0.25, -0.2) is 4.79 Å². The molecule has 0 aliphatic rings. The van der Waals surface area contributed by atoms with Crippen LogP contribution in [0.2, 0.25) is 5.02 Å². The van der Waals surface area contributed by atoms with Gasteiger partial charge in [-0.3, -0.25) is 0 Å². The molecule has 1 unspecified atom stereocenters. The SMILES string of the molecule is CSC(O)C(=O)O.Clc1ccccc1. The summed E-state index contributed by atoms with van der Waals surface area (Å²) in [5.41, 5.74) is -1.26. The highest BCUT2D eigenvalue weighted by Crippen LogP contribution is 2.03. The zero-order valence-corrected chi connectivity index (χ0v) is 9.13. The molecule has 0 aliphatic carbocycles. The molecule has 1 aromatic rings. The highest BCUT2D eigenvalue weighted by atomic mass is 35.5. The van der Waals surface area contributed by atoms with Gasteiger partial charge in [-0.05, 0) is 18.4 Å². The van der Waals surface area contributed by atoms with E-state index in [0.717, 1.165) is 16.8 Å². The topological polar surface area (TPSA) is 57.5 Å². The van der Waals surface area contributed by atoms with E-state index in [4.69, 9.17) is 21.8 Å². The minimum Gasteiger partial charge on any atom is -0.479 e. The van der Waals surface area contributed by atoms with Gasteiger partial charge in [0.2, 0.25) is 0 Å². The van der Waals surface area contributed by atoms with Gasteiger partial charge in [0, 0.05) is 5.02 Å². The molecule has 0 saturated heterocycles. The molecule has 0 aromatic heterocycles. The Balaban J connectivity index is 0.000000241. The number of aliphatic hydroxyl groups excluding tert-OH is 1. The third-order valence-corrected chi connectivity index (χ3v) is 2.07. The van der Waals surface area contributed by atoms with Crippen molar-refractivity contribution in [2.75, 3.05) is 6.26 Å². The molecule has 14 heavy (non-hydrogen) atoms. The Morgan fingerprint density at radius 1 is 1.43 bits per heavy atom. The molecule has 0 spiro atoms. The highest BCUT2D eigenvalue weighted by molar-refractivity contribution is 7.99. The summed E-state index contributed by atoms with van der Waals surface area (Å²) in [6, 6.07) is 9.44. The number of carbonyl (C=O) groups is 1. The van der Waals surface area contributed by atoms with Crippen LogP contribution in [0.5, 0.6) is 0 Å². The number of hydrogen-bond donors (Lipinski definition) is 2. The quantitative estimate of drug-likeness (QED) is 0.770. The second kappa shape index (κ2) is 7.67. The van der Waals surface area contributed by atoms with Gasteiger partial charge in [0.15, 0.2) is 5.44 Å². The fraction of sp³-hybridized carbons (Fsp3) is 0.222. The molecule has 0 aliphatic heterocycles. The third kappa shape index (κ3) is 6.77. The molecule has 1 atom stereocenters. The predicted octanol–water partition coefficient (Wildman–Crippen LogP) is 2.09. The molecule has 0 saturated carbocycles. The van der Waals surface area contributed by atoms with E-state index in [1.54, 1.807) is 0 Å². The zero-order chi connectivity index (χ0) is 11.0. The standard InChI is InChI=1S/C6H5Cl.C3H6O3S/c7-6-4-2-1-3-5-6;1-7-3(6)2(4)5/h1-5H;3,6H,1H3,(H,4,5). The van der Waals surface area contributed by atoms with Gasteiger partial charge >= 0.3 is 5.97 Å². The van der Waals surface area contributed by atoms with Gasteiger partial charge < -0.3 is 10.2 Å². The summed E-state index contributed by atoms with van der Waals surface area (Å²) in [5.74, 6) is -1.19. The second-order valence-corrected chi connectivity index (χ2v) is 3.58. The minimum atomic E-state index is -1.26. The summed E-state index contributed by atoms with van der Waals surface area (Å²) in [7, 11) is 0. The van der Waals surface area contributed by atoms with Gasteiger partial charge in [-0.1, -0.05) is 29.8 Å². The van der Waals surface area contributed by atoms with Gasteiger partial charge in [-0.2, -0.15) is 0 Å². The largest absolute Gasteiger partial charge is 0.479 e. The maximum Gasteiger partial charge on any atom is 0.343 e. The van der Waals surface area contributed by atoms with Crippen molar-refractivity contribution in [3.63, 3.8) is 0 Å². The predicted molar refractivity (Wildman–Crippen MR) is 58.6 cm³/mol. The van der Waals surface area contributed by atoms with E-state index in [1.807, 2.05) is 30.3 Å². The van der Waals surface area contributed by atoms with E-state index in [2.05, 4.69) is 0 Å². The first-order chi connectivity index (χ1) is 6.57. The summed E-state index contributed by atoms with van der Waals surface area (Å²) in [5, 5.41) is 17.0. The van der Waals surface area contributed by atoms with Crippen molar-refractivity contribution in [3.05, 3.63) is 35.4 Å². The Bertz CT molecular complexity index is 266. The fourth-order valence-corrected chi connectivity index (χ4v) is 0.863. The van der Waals surface area contributed by atoms with Crippen molar-refractivity contribution >= 4 is 29.3 Å². The lowest BCUT2D eigenvalue weighted by molar-refractivity contribution is -0.141. The smallest absolute Gasteiger partial charge is 0.343 e. The average molecular weight is 235 g/mol. The molecule has 0 heterocycles. The Morgan fingerprint density at radius 2 is 1.93 bits per heavy atom. The van der Waals surface area contributed by atoms with Crippen molar-refractivity contribution in [1.82, 2.24) is 0 Å². The van der Waals surface area contributed by atoms with E-state index in [-0.39, 0.29) is 0 Å². The lowest BCUT2D eigenvalue weighted by Gasteiger charge is -1.95. The molecule has 1 rings (SSSR count). The van der Waals surface area contributed by atoms with Gasteiger partial charge in [0.25, 0.3) is 0 Å². The Morgan fingerprint density at radius 3 is 2.07 bits per heavy atom. The van der Waals surface area contributed by atoms with Crippen molar-refractivity contribution in [1.29, 1.82) is 0 Å². The zero-order valence-electron chi connectivity index (χ0n) is 7.55. The molecule has 78 valence electrons. The van der Waals surface area contributed by atoms with E-state index in [1.165, 1.54) is 6.26 Å². The number of thioether (sulfide) groups is 1. The first kappa shape index (κ1) is 13.3. The molecule has 0 amide bonds. The van der Waals surface area contributed by atoms with E-state index < -0.39 is 11.4 Å². The van der Waals surface area contributed by atoms with Crippen molar-refractivity contribution in [2.24, 2.45) is 0 Å². The number of hydrogen-bond acceptors (Lipinski definition) is 3. The monoisotopic (exact) mass is 234 g/mol. The molecule has 2 N–H and O–H groups in total. The number of aliphatic carboxylic acids is 1. The average Bonchev–Trinajstić information content (AvgIpc) is 2.18. The fourth-order valence-electron chi connectivity index (χ4n) is 0.515. The maximum absolute atomic E-state index is 9.66. The number of carboxylic acids is 1. The second-order valence-electron chi connectivity index (χ2n) is 2.22. The maximum atomic E-state index is 9.66. The van der Waals surface area contributed by atoms with Crippen molar-refractivity contribution in [3.8, 4) is 0 Å². The van der Waals surface area contributed by atoms with E-state index in [0.29, 0.717) is 0 Å². The summed E-state index contributed by atoms with van der Waals surface area (Å²) in [4.78, 5) is 9.66. The summed E-state index contributed by atoms with van der Waals surface area (Å²) in [6.07, 6.45) is 1.53. The molecular formula is C9H11ClO3S. The first-order valence-corrected chi connectivity index (χ1v) is 5.38. The molecule has 0 radical (unpaired) electrons. The van der Waals surface area contributed by atoms with Crippen LogP contribution < -0.4 is 0 Å². The molecule has 1 aromatic carbocycles. The number of benzene rings is 1. The summed E-state index contributed by atoms with van der Waals surface area (Å²) >= 11 is 6.43. The van der Waals surface area contributed by atoms with Crippen LogP contribution in [0.25, 0.3) is 0 Å². The molecular weight excluding hydrogens is 224 g/mol. The number of halogens is 1. The van der Waals surface area contributed by atoms with E-state index in [9.17, 15) is 4.79 Å². The van der Waals surface area contributed by atoms with Crippen LogP contribution in [-0.4, -0.2) is 27.9 Å². The van der Waals surface area contributed by atoms with Crippen LogP contribution in [0.1, 0.15) is 0 Å². The number of carboxylic acid groups (broad SMARTS) is 1. The lowest BCUT2D eigenvalue weighted by atomic mass is 10.4. The van der Waals surface area contributed by atoms with Crippen LogP contribution >= 0.6 is 23.4 Å². The highest BCUT2D eigenvalue weighted by Gasteiger charge is 2.08. The molecule has 3 nitrogen and oxygen atoms in total. The van der Waals surface area contributed by atoms with Crippen LogP contribution in [0.3, 0.4) is 0 Å². The van der Waals surface area contributed by atoms with Crippen LogP contribution in [0.4, 0.5) is 0 Å². The summed E-state index contributed by atoms with van der Waals surface area (Å²) < 4.78 is 0. The minimum absolute atomic E-state index is 0.794. The Kier molecular flexibility index (Phi) is 7.28. The third-order valence-electron chi connectivity index (χ3n) is 1.17. The van der Waals surface area contributed by atoms with E-state index >= 15 is 0 Å². The normalized spacial score (nSPS) is 11.1. The molecule has 0 bridgehead atoms. The Labute approximate surface area is 91.7 Å². The van der Waals surface area contributed by atoms with Gasteiger partial charge in [0.05, 0.1) is 0 Å². The van der Waals surface area contributed by atoms with Crippen molar-refractivity contribution < 1.29 is 15.0 Å². The Hall–Kier alpha value is -0.710.